The Morgan fingerprint density at radius 2 is 1.79 bits per heavy atom. The Labute approximate surface area is 143 Å². The van der Waals surface area contributed by atoms with Crippen molar-refractivity contribution in [2.75, 3.05) is 0 Å². The first-order valence-electron chi connectivity index (χ1n) is 8.79. The van der Waals surface area contributed by atoms with Gasteiger partial charge in [0.25, 0.3) is 0 Å². The van der Waals surface area contributed by atoms with Gasteiger partial charge in [0.1, 0.15) is 6.42 Å². The van der Waals surface area contributed by atoms with E-state index in [2.05, 4.69) is 28.0 Å². The summed E-state index contributed by atoms with van der Waals surface area (Å²) in [6, 6.07) is 10.4. The van der Waals surface area contributed by atoms with E-state index in [-0.39, 0.29) is 24.3 Å². The number of rotatable bonds is 7. The Hall–Kier alpha value is -2.17. The minimum absolute atomic E-state index is 0.161. The van der Waals surface area contributed by atoms with Crippen LogP contribution in [0.1, 0.15) is 57.4 Å². The van der Waals surface area contributed by atoms with Crippen LogP contribution in [0, 0.1) is 0 Å². The summed E-state index contributed by atoms with van der Waals surface area (Å²) in [6.45, 7) is 1.88. The van der Waals surface area contributed by atoms with Crippen LogP contribution >= 0.6 is 0 Å². The summed E-state index contributed by atoms with van der Waals surface area (Å²) < 4.78 is 0. The van der Waals surface area contributed by atoms with Crippen LogP contribution in [0.15, 0.2) is 35.4 Å². The molecule has 1 aromatic carbocycles. The SMILES string of the molecule is C/C(CCc1ccccc1)=N\NC(=O)CC(=O)NC1CCCCC1. The molecular formula is C19H27N3O2. The van der Waals surface area contributed by atoms with Gasteiger partial charge in [-0.1, -0.05) is 49.6 Å². The molecule has 0 unspecified atom stereocenters. The highest BCUT2D eigenvalue weighted by atomic mass is 16.2. The third-order valence-electron chi connectivity index (χ3n) is 4.28. The predicted molar refractivity (Wildman–Crippen MR) is 95.6 cm³/mol. The summed E-state index contributed by atoms with van der Waals surface area (Å²) in [4.78, 5) is 23.7. The van der Waals surface area contributed by atoms with Crippen LogP contribution in [0.3, 0.4) is 0 Å². The van der Waals surface area contributed by atoms with E-state index in [0.717, 1.165) is 44.2 Å². The molecular weight excluding hydrogens is 302 g/mol. The van der Waals surface area contributed by atoms with Crippen LogP contribution in [0.5, 0.6) is 0 Å². The van der Waals surface area contributed by atoms with Gasteiger partial charge in [-0.15, -0.1) is 0 Å². The Bertz CT molecular complexity index is 563. The van der Waals surface area contributed by atoms with Crippen molar-refractivity contribution in [1.82, 2.24) is 10.7 Å². The lowest BCUT2D eigenvalue weighted by Crippen LogP contribution is -2.38. The van der Waals surface area contributed by atoms with E-state index >= 15 is 0 Å². The molecule has 0 atom stereocenters. The Morgan fingerprint density at radius 1 is 1.08 bits per heavy atom. The van der Waals surface area contributed by atoms with Gasteiger partial charge >= 0.3 is 0 Å². The van der Waals surface area contributed by atoms with Crippen molar-refractivity contribution in [3.8, 4) is 0 Å². The van der Waals surface area contributed by atoms with E-state index in [1.54, 1.807) is 0 Å². The first-order valence-corrected chi connectivity index (χ1v) is 8.79. The average molecular weight is 329 g/mol. The molecule has 5 nitrogen and oxygen atoms in total. The number of carbonyl (C=O) groups excluding carboxylic acids is 2. The highest BCUT2D eigenvalue weighted by Crippen LogP contribution is 2.17. The molecule has 130 valence electrons. The summed E-state index contributed by atoms with van der Waals surface area (Å²) >= 11 is 0. The van der Waals surface area contributed by atoms with Crippen molar-refractivity contribution in [1.29, 1.82) is 0 Å². The van der Waals surface area contributed by atoms with Crippen molar-refractivity contribution in [2.45, 2.75) is 64.3 Å². The summed E-state index contributed by atoms with van der Waals surface area (Å²) in [5.41, 5.74) is 4.56. The third-order valence-corrected chi connectivity index (χ3v) is 4.28. The fraction of sp³-hybridized carbons (Fsp3) is 0.526. The van der Waals surface area contributed by atoms with Crippen molar-refractivity contribution in [3.05, 3.63) is 35.9 Å². The molecule has 0 saturated heterocycles. The number of benzene rings is 1. The van der Waals surface area contributed by atoms with Gasteiger partial charge in [0.2, 0.25) is 11.8 Å². The molecule has 2 rings (SSSR count). The van der Waals surface area contributed by atoms with Crippen molar-refractivity contribution in [3.63, 3.8) is 0 Å². The number of nitrogens with one attached hydrogen (secondary N) is 2. The van der Waals surface area contributed by atoms with E-state index in [0.29, 0.717) is 0 Å². The summed E-state index contributed by atoms with van der Waals surface area (Å²) in [6.07, 6.45) is 7.08. The van der Waals surface area contributed by atoms with Crippen LogP contribution in [0.4, 0.5) is 0 Å². The standard InChI is InChI=1S/C19H27N3O2/c1-15(12-13-16-8-4-2-5-9-16)21-22-19(24)14-18(23)20-17-10-6-3-7-11-17/h2,4-5,8-9,17H,3,6-7,10-14H2,1H3,(H,20,23)(H,22,24)/b21-15+. The second-order valence-corrected chi connectivity index (χ2v) is 6.45. The van der Waals surface area contributed by atoms with Gasteiger partial charge in [-0.3, -0.25) is 9.59 Å². The molecule has 2 N–H and O–H groups in total. The monoisotopic (exact) mass is 329 g/mol. The zero-order valence-corrected chi connectivity index (χ0v) is 14.4. The zero-order chi connectivity index (χ0) is 17.2. The fourth-order valence-corrected chi connectivity index (χ4v) is 2.89. The van der Waals surface area contributed by atoms with E-state index in [1.807, 2.05) is 25.1 Å². The smallest absolute Gasteiger partial charge is 0.249 e. The molecule has 1 aliphatic carbocycles. The van der Waals surface area contributed by atoms with Gasteiger partial charge in [-0.25, -0.2) is 5.43 Å². The maximum absolute atomic E-state index is 11.9. The molecule has 5 heteroatoms. The lowest BCUT2D eigenvalue weighted by atomic mass is 9.95. The van der Waals surface area contributed by atoms with Gasteiger partial charge in [-0.05, 0) is 38.2 Å². The lowest BCUT2D eigenvalue weighted by molar-refractivity contribution is -0.129. The van der Waals surface area contributed by atoms with Crippen molar-refractivity contribution >= 4 is 17.5 Å². The topological polar surface area (TPSA) is 70.6 Å². The maximum atomic E-state index is 11.9. The van der Waals surface area contributed by atoms with Crippen LogP contribution in [0.25, 0.3) is 0 Å². The molecule has 0 heterocycles. The minimum atomic E-state index is -0.359. The molecule has 1 saturated carbocycles. The molecule has 1 aliphatic rings. The number of nitrogens with zero attached hydrogens (tertiary/aromatic N) is 1. The van der Waals surface area contributed by atoms with E-state index in [4.69, 9.17) is 0 Å². The lowest BCUT2D eigenvalue weighted by Gasteiger charge is -2.22. The van der Waals surface area contributed by atoms with Gasteiger partial charge in [0, 0.05) is 11.8 Å². The molecule has 0 bridgehead atoms. The number of amides is 2. The average Bonchev–Trinajstić information content (AvgIpc) is 2.60. The molecule has 1 aromatic rings. The Balaban J connectivity index is 1.66. The van der Waals surface area contributed by atoms with Gasteiger partial charge in [0.15, 0.2) is 0 Å². The normalized spacial score (nSPS) is 15.8. The molecule has 1 fully saturated rings. The van der Waals surface area contributed by atoms with Crippen molar-refractivity contribution in [2.24, 2.45) is 5.10 Å². The molecule has 24 heavy (non-hydrogen) atoms. The molecule has 0 radical (unpaired) electrons. The number of aryl methyl sites for hydroxylation is 1. The molecule has 0 aliphatic heterocycles. The zero-order valence-electron chi connectivity index (χ0n) is 14.4. The second kappa shape index (κ2) is 9.85. The minimum Gasteiger partial charge on any atom is -0.353 e. The quantitative estimate of drug-likeness (QED) is 0.459. The van der Waals surface area contributed by atoms with Crippen LogP contribution < -0.4 is 10.7 Å². The van der Waals surface area contributed by atoms with Gasteiger partial charge in [0.05, 0.1) is 0 Å². The maximum Gasteiger partial charge on any atom is 0.249 e. The Morgan fingerprint density at radius 3 is 2.50 bits per heavy atom. The molecule has 0 spiro atoms. The molecule has 0 aromatic heterocycles. The van der Waals surface area contributed by atoms with E-state index in [9.17, 15) is 9.59 Å². The van der Waals surface area contributed by atoms with E-state index in [1.165, 1.54) is 12.0 Å². The number of carbonyl (C=O) groups is 2. The van der Waals surface area contributed by atoms with Gasteiger partial charge < -0.3 is 5.32 Å². The highest BCUT2D eigenvalue weighted by molar-refractivity contribution is 5.97. The van der Waals surface area contributed by atoms with Crippen LogP contribution in [0.2, 0.25) is 0 Å². The first-order chi connectivity index (χ1) is 11.6. The summed E-state index contributed by atoms with van der Waals surface area (Å²) in [5.74, 6) is -0.570. The number of hydrogen-bond acceptors (Lipinski definition) is 3. The highest BCUT2D eigenvalue weighted by Gasteiger charge is 2.17. The fourth-order valence-electron chi connectivity index (χ4n) is 2.89. The molecule has 2 amide bonds. The summed E-state index contributed by atoms with van der Waals surface area (Å²) in [5, 5.41) is 7.01. The third kappa shape index (κ3) is 6.94. The largest absolute Gasteiger partial charge is 0.353 e. The summed E-state index contributed by atoms with van der Waals surface area (Å²) in [7, 11) is 0. The first kappa shape index (κ1) is 18.2. The van der Waals surface area contributed by atoms with E-state index < -0.39 is 0 Å². The predicted octanol–water partition coefficient (Wildman–Crippen LogP) is 2.95. The van der Waals surface area contributed by atoms with Crippen LogP contribution in [-0.2, 0) is 16.0 Å². The van der Waals surface area contributed by atoms with Gasteiger partial charge in [-0.2, -0.15) is 5.10 Å². The Kier molecular flexibility index (Phi) is 7.46. The van der Waals surface area contributed by atoms with Crippen molar-refractivity contribution < 1.29 is 9.59 Å². The second-order valence-electron chi connectivity index (χ2n) is 6.45. The number of hydrogen-bond donors (Lipinski definition) is 2. The number of hydrazone groups is 1. The van der Waals surface area contributed by atoms with Crippen LogP contribution in [-0.4, -0.2) is 23.6 Å².